The molecule has 1 fully saturated rings. The largest absolute Gasteiger partial charge is 0.389 e. The van der Waals surface area contributed by atoms with Gasteiger partial charge in [0.05, 0.1) is 12.7 Å². The van der Waals surface area contributed by atoms with Crippen LogP contribution in [0.5, 0.6) is 0 Å². The Morgan fingerprint density at radius 2 is 2.24 bits per heavy atom. The standard InChI is InChI=1S/C14H27NO2/c1-10(2)13-6-5-11(3)7-14(13)15-8-12(16)9-17-4/h11-12,14-16H,5-9H2,1-4H3/t11-,12?,14?/m1/s1. The quantitative estimate of drug-likeness (QED) is 0.724. The van der Waals surface area contributed by atoms with Crippen LogP contribution in [0.4, 0.5) is 0 Å². The van der Waals surface area contributed by atoms with Crippen LogP contribution in [-0.2, 0) is 4.74 Å². The molecule has 2 N–H and O–H groups in total. The van der Waals surface area contributed by atoms with Crippen LogP contribution < -0.4 is 5.32 Å². The summed E-state index contributed by atoms with van der Waals surface area (Å²) in [5.74, 6) is 0.773. The topological polar surface area (TPSA) is 41.5 Å². The van der Waals surface area contributed by atoms with Crippen molar-refractivity contribution >= 4 is 0 Å². The number of hydrogen-bond acceptors (Lipinski definition) is 3. The van der Waals surface area contributed by atoms with Gasteiger partial charge in [-0.15, -0.1) is 0 Å². The van der Waals surface area contributed by atoms with E-state index in [9.17, 15) is 5.11 Å². The minimum atomic E-state index is -0.407. The molecule has 3 atom stereocenters. The summed E-state index contributed by atoms with van der Waals surface area (Å²) in [7, 11) is 1.62. The van der Waals surface area contributed by atoms with Crippen LogP contribution in [0.15, 0.2) is 11.1 Å². The lowest BCUT2D eigenvalue weighted by Crippen LogP contribution is -2.41. The van der Waals surface area contributed by atoms with Gasteiger partial charge in [0, 0.05) is 19.7 Å². The average molecular weight is 241 g/mol. The Labute approximate surface area is 105 Å². The van der Waals surface area contributed by atoms with Gasteiger partial charge in [-0.05, 0) is 39.0 Å². The van der Waals surface area contributed by atoms with Gasteiger partial charge < -0.3 is 15.2 Å². The van der Waals surface area contributed by atoms with Gasteiger partial charge in [-0.2, -0.15) is 0 Å². The molecular formula is C14H27NO2. The van der Waals surface area contributed by atoms with Gasteiger partial charge >= 0.3 is 0 Å². The summed E-state index contributed by atoms with van der Waals surface area (Å²) in [6, 6.07) is 0.440. The zero-order chi connectivity index (χ0) is 12.8. The highest BCUT2D eigenvalue weighted by molar-refractivity contribution is 5.19. The molecule has 0 aromatic heterocycles. The number of aliphatic hydroxyl groups excluding tert-OH is 1. The SMILES string of the molecule is COCC(O)CNC1C[C@H](C)CCC1=C(C)C. The van der Waals surface area contributed by atoms with Crippen molar-refractivity contribution in [2.45, 2.75) is 52.2 Å². The molecule has 0 aromatic carbocycles. The molecule has 0 aliphatic heterocycles. The van der Waals surface area contributed by atoms with Gasteiger partial charge in [0.25, 0.3) is 0 Å². The molecule has 1 aliphatic carbocycles. The van der Waals surface area contributed by atoms with Crippen LogP contribution in [0.25, 0.3) is 0 Å². The van der Waals surface area contributed by atoms with Crippen LogP contribution in [0.2, 0.25) is 0 Å². The van der Waals surface area contributed by atoms with E-state index in [1.165, 1.54) is 30.4 Å². The van der Waals surface area contributed by atoms with E-state index >= 15 is 0 Å². The second kappa shape index (κ2) is 7.14. The first kappa shape index (κ1) is 14.7. The normalized spacial score (nSPS) is 27.0. The summed E-state index contributed by atoms with van der Waals surface area (Å²) < 4.78 is 4.94. The molecule has 0 bridgehead atoms. The minimum absolute atomic E-state index is 0.402. The Morgan fingerprint density at radius 3 is 2.82 bits per heavy atom. The van der Waals surface area contributed by atoms with Crippen molar-refractivity contribution in [1.29, 1.82) is 0 Å². The number of ether oxygens (including phenoxy) is 1. The van der Waals surface area contributed by atoms with E-state index in [2.05, 4.69) is 26.1 Å². The maximum Gasteiger partial charge on any atom is 0.0897 e. The van der Waals surface area contributed by atoms with E-state index < -0.39 is 6.10 Å². The summed E-state index contributed by atoms with van der Waals surface area (Å²) in [4.78, 5) is 0. The third kappa shape index (κ3) is 4.78. The molecule has 3 heteroatoms. The second-order valence-electron chi connectivity index (χ2n) is 5.47. The monoisotopic (exact) mass is 241 g/mol. The van der Waals surface area contributed by atoms with Crippen molar-refractivity contribution < 1.29 is 9.84 Å². The third-order valence-corrected chi connectivity index (χ3v) is 3.57. The van der Waals surface area contributed by atoms with Crippen molar-refractivity contribution in [2.24, 2.45) is 5.92 Å². The fourth-order valence-corrected chi connectivity index (χ4v) is 2.57. The predicted molar refractivity (Wildman–Crippen MR) is 71.1 cm³/mol. The van der Waals surface area contributed by atoms with E-state index in [1.54, 1.807) is 7.11 Å². The van der Waals surface area contributed by atoms with Crippen molar-refractivity contribution in [3.63, 3.8) is 0 Å². The van der Waals surface area contributed by atoms with Gasteiger partial charge in [0.1, 0.15) is 0 Å². The smallest absolute Gasteiger partial charge is 0.0897 e. The Kier molecular flexibility index (Phi) is 6.17. The number of hydrogen-bond donors (Lipinski definition) is 2. The zero-order valence-corrected chi connectivity index (χ0v) is 11.6. The molecule has 0 radical (unpaired) electrons. The lowest BCUT2D eigenvalue weighted by atomic mass is 9.81. The summed E-state index contributed by atoms with van der Waals surface area (Å²) >= 11 is 0. The maximum atomic E-state index is 9.67. The number of nitrogens with one attached hydrogen (secondary N) is 1. The molecule has 1 saturated carbocycles. The molecule has 0 aromatic rings. The summed E-state index contributed by atoms with van der Waals surface area (Å²) in [5.41, 5.74) is 2.96. The van der Waals surface area contributed by atoms with Crippen LogP contribution in [0.1, 0.15) is 40.0 Å². The van der Waals surface area contributed by atoms with E-state index in [0.29, 0.717) is 19.2 Å². The maximum absolute atomic E-state index is 9.67. The molecular weight excluding hydrogens is 214 g/mol. The first-order chi connectivity index (χ1) is 8.04. The Hall–Kier alpha value is -0.380. The van der Waals surface area contributed by atoms with Gasteiger partial charge in [0.15, 0.2) is 0 Å². The summed E-state index contributed by atoms with van der Waals surface area (Å²) in [6.07, 6.45) is 3.26. The number of rotatable bonds is 5. The molecule has 1 aliphatic rings. The summed E-state index contributed by atoms with van der Waals surface area (Å²) in [6.45, 7) is 7.70. The lowest BCUT2D eigenvalue weighted by Gasteiger charge is -2.32. The van der Waals surface area contributed by atoms with Crippen molar-refractivity contribution in [3.8, 4) is 0 Å². The molecule has 0 heterocycles. The van der Waals surface area contributed by atoms with E-state index in [4.69, 9.17) is 4.74 Å². The van der Waals surface area contributed by atoms with E-state index in [-0.39, 0.29) is 0 Å². The number of allylic oxidation sites excluding steroid dienone is 1. The lowest BCUT2D eigenvalue weighted by molar-refractivity contribution is 0.0624. The molecule has 1 rings (SSSR count). The first-order valence-corrected chi connectivity index (χ1v) is 6.61. The van der Waals surface area contributed by atoms with Crippen molar-refractivity contribution in [1.82, 2.24) is 5.32 Å². The highest BCUT2D eigenvalue weighted by atomic mass is 16.5. The molecule has 0 amide bonds. The van der Waals surface area contributed by atoms with E-state index in [1.807, 2.05) is 0 Å². The molecule has 2 unspecified atom stereocenters. The molecule has 0 spiro atoms. The van der Waals surface area contributed by atoms with Gasteiger partial charge in [-0.25, -0.2) is 0 Å². The van der Waals surface area contributed by atoms with Crippen LogP contribution in [0, 0.1) is 5.92 Å². The Bertz CT molecular complexity index is 259. The predicted octanol–water partition coefficient (Wildman–Crippen LogP) is 2.11. The highest BCUT2D eigenvalue weighted by Gasteiger charge is 2.24. The van der Waals surface area contributed by atoms with Crippen LogP contribution >= 0.6 is 0 Å². The van der Waals surface area contributed by atoms with Crippen molar-refractivity contribution in [2.75, 3.05) is 20.3 Å². The highest BCUT2D eigenvalue weighted by Crippen LogP contribution is 2.30. The number of methoxy groups -OCH3 is 1. The Morgan fingerprint density at radius 1 is 1.53 bits per heavy atom. The fourth-order valence-electron chi connectivity index (χ4n) is 2.57. The first-order valence-electron chi connectivity index (χ1n) is 6.61. The average Bonchev–Trinajstić information content (AvgIpc) is 2.26. The van der Waals surface area contributed by atoms with Crippen LogP contribution in [-0.4, -0.2) is 37.5 Å². The van der Waals surface area contributed by atoms with Gasteiger partial charge in [0.2, 0.25) is 0 Å². The summed E-state index contributed by atoms with van der Waals surface area (Å²) in [5, 5.41) is 13.1. The van der Waals surface area contributed by atoms with Crippen LogP contribution in [0.3, 0.4) is 0 Å². The number of aliphatic hydroxyl groups is 1. The second-order valence-corrected chi connectivity index (χ2v) is 5.47. The van der Waals surface area contributed by atoms with E-state index in [0.717, 1.165) is 5.92 Å². The van der Waals surface area contributed by atoms with Crippen molar-refractivity contribution in [3.05, 3.63) is 11.1 Å². The van der Waals surface area contributed by atoms with Gasteiger partial charge in [-0.3, -0.25) is 0 Å². The third-order valence-electron chi connectivity index (χ3n) is 3.57. The van der Waals surface area contributed by atoms with Gasteiger partial charge in [-0.1, -0.05) is 18.1 Å². The zero-order valence-electron chi connectivity index (χ0n) is 11.6. The molecule has 0 saturated heterocycles. The Balaban J connectivity index is 2.50. The molecule has 3 nitrogen and oxygen atoms in total. The molecule has 17 heavy (non-hydrogen) atoms. The minimum Gasteiger partial charge on any atom is -0.389 e. The fraction of sp³-hybridized carbons (Fsp3) is 0.857. The molecule has 100 valence electrons.